The average molecular weight is 221 g/mol. The fourth-order valence-electron chi connectivity index (χ4n) is 1.37. The van der Waals surface area contributed by atoms with Crippen molar-refractivity contribution in [2.75, 3.05) is 33.7 Å². The number of rotatable bonds is 5. The Morgan fingerprint density at radius 3 is 2.29 bits per heavy atom. The molecule has 0 bridgehead atoms. The molecule has 0 aromatic rings. The van der Waals surface area contributed by atoms with Gasteiger partial charge in [-0.2, -0.15) is 17.0 Å². The smallest absolute Gasteiger partial charge is 0.281 e. The molecule has 0 spiro atoms. The first-order valence-electron chi connectivity index (χ1n) is 4.90. The fourth-order valence-corrected chi connectivity index (χ4v) is 2.75. The van der Waals surface area contributed by atoms with Gasteiger partial charge in [-0.15, -0.1) is 0 Å². The zero-order chi connectivity index (χ0) is 10.8. The molecule has 6 heteroatoms. The standard InChI is InChI=1S/C8H19N3O2S/c1-4-5-10(2)14(12,13)11(3)8-6-9-7-8/h8-9H,4-7H2,1-3H3. The van der Waals surface area contributed by atoms with Crippen molar-refractivity contribution in [2.24, 2.45) is 0 Å². The van der Waals surface area contributed by atoms with Crippen molar-refractivity contribution in [3.8, 4) is 0 Å². The van der Waals surface area contributed by atoms with E-state index in [1.165, 1.54) is 8.61 Å². The third kappa shape index (κ3) is 2.25. The second-order valence-corrected chi connectivity index (χ2v) is 5.75. The van der Waals surface area contributed by atoms with Crippen molar-refractivity contribution in [1.82, 2.24) is 13.9 Å². The van der Waals surface area contributed by atoms with E-state index in [9.17, 15) is 8.42 Å². The molecule has 1 aliphatic rings. The van der Waals surface area contributed by atoms with Crippen LogP contribution < -0.4 is 5.32 Å². The van der Waals surface area contributed by atoms with Crippen LogP contribution in [0.1, 0.15) is 13.3 Å². The van der Waals surface area contributed by atoms with E-state index >= 15 is 0 Å². The third-order valence-corrected chi connectivity index (χ3v) is 4.57. The molecule has 0 amide bonds. The van der Waals surface area contributed by atoms with Crippen LogP contribution in [-0.4, -0.2) is 56.8 Å². The first-order chi connectivity index (χ1) is 6.50. The molecule has 0 saturated carbocycles. The minimum atomic E-state index is -3.23. The maximum absolute atomic E-state index is 11.9. The minimum Gasteiger partial charge on any atom is -0.313 e. The van der Waals surface area contributed by atoms with Crippen molar-refractivity contribution in [2.45, 2.75) is 19.4 Å². The molecular formula is C8H19N3O2S. The molecular weight excluding hydrogens is 202 g/mol. The van der Waals surface area contributed by atoms with Gasteiger partial charge in [0.2, 0.25) is 0 Å². The van der Waals surface area contributed by atoms with E-state index in [-0.39, 0.29) is 6.04 Å². The number of hydrogen-bond acceptors (Lipinski definition) is 3. The predicted molar refractivity (Wildman–Crippen MR) is 56.3 cm³/mol. The Bertz CT molecular complexity index is 274. The van der Waals surface area contributed by atoms with Gasteiger partial charge < -0.3 is 5.32 Å². The second kappa shape index (κ2) is 4.57. The zero-order valence-corrected chi connectivity index (χ0v) is 9.84. The third-order valence-electron chi connectivity index (χ3n) is 2.57. The van der Waals surface area contributed by atoms with Gasteiger partial charge in [-0.05, 0) is 6.42 Å². The lowest BCUT2D eigenvalue weighted by Crippen LogP contribution is -2.59. The summed E-state index contributed by atoms with van der Waals surface area (Å²) >= 11 is 0. The lowest BCUT2D eigenvalue weighted by Gasteiger charge is -2.36. The summed E-state index contributed by atoms with van der Waals surface area (Å²) in [4.78, 5) is 0. The summed E-state index contributed by atoms with van der Waals surface area (Å²) < 4.78 is 26.6. The van der Waals surface area contributed by atoms with E-state index in [2.05, 4.69) is 5.32 Å². The molecule has 1 saturated heterocycles. The van der Waals surface area contributed by atoms with Gasteiger partial charge in [0.15, 0.2) is 0 Å². The van der Waals surface area contributed by atoms with E-state index in [1.807, 2.05) is 6.92 Å². The molecule has 1 heterocycles. The molecule has 0 aromatic heterocycles. The minimum absolute atomic E-state index is 0.124. The van der Waals surface area contributed by atoms with Gasteiger partial charge in [-0.3, -0.25) is 0 Å². The van der Waals surface area contributed by atoms with Crippen molar-refractivity contribution in [1.29, 1.82) is 0 Å². The SMILES string of the molecule is CCCN(C)S(=O)(=O)N(C)C1CNC1. The molecule has 1 fully saturated rings. The van der Waals surface area contributed by atoms with Crippen LogP contribution in [0.2, 0.25) is 0 Å². The van der Waals surface area contributed by atoms with Crippen LogP contribution in [0.3, 0.4) is 0 Å². The highest BCUT2D eigenvalue weighted by molar-refractivity contribution is 7.86. The molecule has 14 heavy (non-hydrogen) atoms. The van der Waals surface area contributed by atoms with E-state index in [0.717, 1.165) is 19.5 Å². The molecule has 1 rings (SSSR count). The number of likely N-dealkylation sites (N-methyl/N-ethyl adjacent to an activating group) is 1. The molecule has 0 aliphatic carbocycles. The molecule has 1 aliphatic heterocycles. The largest absolute Gasteiger partial charge is 0.313 e. The van der Waals surface area contributed by atoms with Gasteiger partial charge in [-0.25, -0.2) is 0 Å². The summed E-state index contributed by atoms with van der Waals surface area (Å²) in [5, 5.41) is 3.06. The number of nitrogens with one attached hydrogen (secondary N) is 1. The quantitative estimate of drug-likeness (QED) is 0.679. The Morgan fingerprint density at radius 1 is 1.36 bits per heavy atom. The van der Waals surface area contributed by atoms with Gasteiger partial charge in [-0.1, -0.05) is 6.92 Å². The van der Waals surface area contributed by atoms with Crippen LogP contribution in [0, 0.1) is 0 Å². The summed E-state index contributed by atoms with van der Waals surface area (Å²) in [6.07, 6.45) is 0.840. The van der Waals surface area contributed by atoms with E-state index < -0.39 is 10.2 Å². The van der Waals surface area contributed by atoms with Crippen LogP contribution in [-0.2, 0) is 10.2 Å². The normalized spacial score (nSPS) is 18.9. The highest BCUT2D eigenvalue weighted by Gasteiger charge is 2.32. The summed E-state index contributed by atoms with van der Waals surface area (Å²) in [5.74, 6) is 0. The predicted octanol–water partition coefficient (Wildman–Crippen LogP) is -0.523. The van der Waals surface area contributed by atoms with Crippen LogP contribution >= 0.6 is 0 Å². The van der Waals surface area contributed by atoms with E-state index in [4.69, 9.17) is 0 Å². The maximum Gasteiger partial charge on any atom is 0.281 e. The van der Waals surface area contributed by atoms with Gasteiger partial charge in [0.1, 0.15) is 0 Å². The summed E-state index contributed by atoms with van der Waals surface area (Å²) in [5.41, 5.74) is 0. The van der Waals surface area contributed by atoms with Crippen LogP contribution in [0.25, 0.3) is 0 Å². The first kappa shape index (κ1) is 11.9. The molecule has 0 atom stereocenters. The number of hydrogen-bond donors (Lipinski definition) is 1. The van der Waals surface area contributed by atoms with Gasteiger partial charge in [0.25, 0.3) is 10.2 Å². The van der Waals surface area contributed by atoms with Gasteiger partial charge in [0.05, 0.1) is 6.04 Å². The summed E-state index contributed by atoms with van der Waals surface area (Å²) in [7, 11) is 0.0377. The lowest BCUT2D eigenvalue weighted by atomic mass is 10.2. The Balaban J connectivity index is 2.62. The summed E-state index contributed by atoms with van der Waals surface area (Å²) in [6, 6.07) is 0.124. The van der Waals surface area contributed by atoms with Crippen molar-refractivity contribution in [3.05, 3.63) is 0 Å². The van der Waals surface area contributed by atoms with Crippen molar-refractivity contribution in [3.63, 3.8) is 0 Å². The molecule has 0 unspecified atom stereocenters. The van der Waals surface area contributed by atoms with E-state index in [0.29, 0.717) is 6.54 Å². The lowest BCUT2D eigenvalue weighted by molar-refractivity contribution is 0.258. The average Bonchev–Trinajstić information content (AvgIpc) is 2.01. The fraction of sp³-hybridized carbons (Fsp3) is 1.00. The highest BCUT2D eigenvalue weighted by atomic mass is 32.2. The Morgan fingerprint density at radius 2 is 1.93 bits per heavy atom. The topological polar surface area (TPSA) is 52.7 Å². The molecule has 1 N–H and O–H groups in total. The highest BCUT2D eigenvalue weighted by Crippen LogP contribution is 2.11. The van der Waals surface area contributed by atoms with Gasteiger partial charge in [0, 0.05) is 33.7 Å². The second-order valence-electron chi connectivity index (χ2n) is 3.66. The van der Waals surface area contributed by atoms with Crippen LogP contribution in [0.15, 0.2) is 0 Å². The summed E-state index contributed by atoms with van der Waals surface area (Å²) in [6.45, 7) is 4.06. The van der Waals surface area contributed by atoms with Crippen molar-refractivity contribution < 1.29 is 8.42 Å². The molecule has 0 aromatic carbocycles. The van der Waals surface area contributed by atoms with Crippen LogP contribution in [0.4, 0.5) is 0 Å². The molecule has 5 nitrogen and oxygen atoms in total. The Labute approximate surface area is 86.3 Å². The number of nitrogens with zero attached hydrogens (tertiary/aromatic N) is 2. The van der Waals surface area contributed by atoms with Gasteiger partial charge >= 0.3 is 0 Å². The van der Waals surface area contributed by atoms with E-state index in [1.54, 1.807) is 14.1 Å². The molecule has 0 radical (unpaired) electrons. The first-order valence-corrected chi connectivity index (χ1v) is 6.30. The Kier molecular flexibility index (Phi) is 3.88. The monoisotopic (exact) mass is 221 g/mol. The van der Waals surface area contributed by atoms with Crippen LogP contribution in [0.5, 0.6) is 0 Å². The maximum atomic E-state index is 11.9. The van der Waals surface area contributed by atoms with Crippen molar-refractivity contribution >= 4 is 10.2 Å². The Hall–Kier alpha value is -0.170. The zero-order valence-electron chi connectivity index (χ0n) is 9.02. The molecule has 84 valence electrons.